The number of hydrogen-bond donors (Lipinski definition) is 0. The predicted molar refractivity (Wildman–Crippen MR) is 58.2 cm³/mol. The molecule has 3 unspecified atom stereocenters. The van der Waals surface area contributed by atoms with Crippen molar-refractivity contribution in [1.29, 1.82) is 0 Å². The van der Waals surface area contributed by atoms with Gasteiger partial charge < -0.3 is 4.90 Å². The average Bonchev–Trinajstić information content (AvgIpc) is 2.94. The molecule has 0 amide bonds. The van der Waals surface area contributed by atoms with Crippen LogP contribution in [0.1, 0.15) is 19.2 Å². The van der Waals surface area contributed by atoms with Crippen molar-refractivity contribution in [3.8, 4) is 0 Å². The summed E-state index contributed by atoms with van der Waals surface area (Å²) < 4.78 is 6.36. The lowest BCUT2D eigenvalue weighted by atomic mass is 9.89. The van der Waals surface area contributed by atoms with Crippen LogP contribution in [-0.2, 0) is 13.0 Å². The molecule has 0 aliphatic carbocycles. The third-order valence-electron chi connectivity index (χ3n) is 3.99. The van der Waals surface area contributed by atoms with Gasteiger partial charge in [-0.15, -0.1) is 0 Å². The number of hydrogen-bond acceptors (Lipinski definition) is 4. The van der Waals surface area contributed by atoms with Crippen LogP contribution in [0, 0.1) is 11.8 Å². The maximum atomic E-state index is 11.3. The Labute approximate surface area is 94.0 Å². The van der Waals surface area contributed by atoms with E-state index in [2.05, 4.69) is 10.1 Å². The van der Waals surface area contributed by atoms with Gasteiger partial charge in [-0.3, -0.25) is 9.09 Å². The molecule has 1 aromatic rings. The van der Waals surface area contributed by atoms with Gasteiger partial charge in [0.15, 0.2) is 5.82 Å². The Bertz CT molecular complexity index is 437. The van der Waals surface area contributed by atoms with E-state index in [0.29, 0.717) is 12.5 Å². The number of aromatic nitrogens is 2. The van der Waals surface area contributed by atoms with Crippen molar-refractivity contribution in [2.75, 3.05) is 19.6 Å². The van der Waals surface area contributed by atoms with Crippen LogP contribution in [0.3, 0.4) is 0 Å². The fourth-order valence-corrected chi connectivity index (χ4v) is 3.11. The highest BCUT2D eigenvalue weighted by molar-refractivity contribution is 4.96. The van der Waals surface area contributed by atoms with Crippen molar-refractivity contribution in [3.63, 3.8) is 0 Å². The molecule has 3 heterocycles. The summed E-state index contributed by atoms with van der Waals surface area (Å²) in [4.78, 5) is 13.8. The van der Waals surface area contributed by atoms with E-state index in [9.17, 15) is 4.79 Å². The van der Waals surface area contributed by atoms with Crippen molar-refractivity contribution in [2.24, 2.45) is 11.8 Å². The molecule has 2 bridgehead atoms. The van der Waals surface area contributed by atoms with Crippen LogP contribution in [0.25, 0.3) is 0 Å². The summed E-state index contributed by atoms with van der Waals surface area (Å²) in [7, 11) is 0. The van der Waals surface area contributed by atoms with Gasteiger partial charge in [-0.2, -0.15) is 0 Å². The van der Waals surface area contributed by atoms with E-state index in [1.54, 1.807) is 4.57 Å². The molecule has 2 fully saturated rings. The second-order valence-corrected chi connectivity index (χ2v) is 4.88. The number of piperidine rings is 1. The molecule has 3 atom stereocenters. The lowest BCUT2D eigenvalue weighted by Crippen LogP contribution is -2.26. The predicted octanol–water partition coefficient (Wildman–Crippen LogP) is 0.350. The smallest absolute Gasteiger partial charge is 0.303 e. The van der Waals surface area contributed by atoms with Crippen LogP contribution in [-0.4, -0.2) is 34.3 Å². The molecule has 0 aromatic carbocycles. The highest BCUT2D eigenvalue weighted by atomic mass is 16.5. The molecule has 2 saturated heterocycles. The Morgan fingerprint density at radius 3 is 3.00 bits per heavy atom. The second kappa shape index (κ2) is 3.73. The third kappa shape index (κ3) is 1.50. The molecule has 0 N–H and O–H groups in total. The Balaban J connectivity index is 1.77. The molecule has 5 nitrogen and oxygen atoms in total. The van der Waals surface area contributed by atoms with Gasteiger partial charge in [0.25, 0.3) is 0 Å². The van der Waals surface area contributed by atoms with Crippen LogP contribution in [0.5, 0.6) is 0 Å². The van der Waals surface area contributed by atoms with Crippen molar-refractivity contribution in [2.45, 2.75) is 26.3 Å². The minimum atomic E-state index is -0.319. The first-order valence-corrected chi connectivity index (χ1v) is 6.05. The van der Waals surface area contributed by atoms with Gasteiger partial charge in [0.2, 0.25) is 0 Å². The molecule has 1 aromatic heterocycles. The van der Waals surface area contributed by atoms with E-state index < -0.39 is 0 Å². The highest BCUT2D eigenvalue weighted by Gasteiger charge is 2.38. The van der Waals surface area contributed by atoms with Crippen molar-refractivity contribution in [3.05, 3.63) is 16.4 Å². The monoisotopic (exact) mass is 223 g/mol. The lowest BCUT2D eigenvalue weighted by Gasteiger charge is -2.21. The normalized spacial score (nSPS) is 32.4. The van der Waals surface area contributed by atoms with Gasteiger partial charge in [0.1, 0.15) is 0 Å². The lowest BCUT2D eigenvalue weighted by molar-refractivity contribution is 0.292. The van der Waals surface area contributed by atoms with E-state index in [0.717, 1.165) is 24.7 Å². The zero-order valence-corrected chi connectivity index (χ0v) is 9.56. The summed E-state index contributed by atoms with van der Waals surface area (Å²) in [5, 5.41) is 3.89. The molecule has 2 aliphatic rings. The fraction of sp³-hybridized carbons (Fsp3) is 0.818. The maximum absolute atomic E-state index is 11.3. The molecular weight excluding hydrogens is 206 g/mol. The highest BCUT2D eigenvalue weighted by Crippen LogP contribution is 2.34. The number of nitrogens with zero attached hydrogens (tertiary/aromatic N) is 3. The van der Waals surface area contributed by atoms with Crippen LogP contribution < -0.4 is 5.76 Å². The standard InChI is InChI=1S/C11H17N3O2/c1-2-14-10(12-16-11(14)15)5-9-7-13-4-3-8(9)6-13/h8-9H,2-7H2,1H3. The quantitative estimate of drug-likeness (QED) is 0.742. The Kier molecular flexibility index (Phi) is 2.35. The molecule has 2 aliphatic heterocycles. The van der Waals surface area contributed by atoms with E-state index in [4.69, 9.17) is 4.52 Å². The summed E-state index contributed by atoms with van der Waals surface area (Å²) in [6.45, 7) is 6.25. The zero-order chi connectivity index (χ0) is 11.1. The average molecular weight is 223 g/mol. The summed E-state index contributed by atoms with van der Waals surface area (Å²) >= 11 is 0. The van der Waals surface area contributed by atoms with Crippen LogP contribution >= 0.6 is 0 Å². The van der Waals surface area contributed by atoms with E-state index >= 15 is 0 Å². The number of rotatable bonds is 3. The SMILES string of the molecule is CCn1c(CC2CN3CCC2C3)noc1=O. The fourth-order valence-electron chi connectivity index (χ4n) is 3.11. The van der Waals surface area contributed by atoms with Gasteiger partial charge in [-0.1, -0.05) is 5.16 Å². The van der Waals surface area contributed by atoms with Crippen molar-refractivity contribution in [1.82, 2.24) is 14.6 Å². The molecule has 0 spiro atoms. The van der Waals surface area contributed by atoms with Gasteiger partial charge in [0.05, 0.1) is 0 Å². The topological polar surface area (TPSA) is 51.3 Å². The molecular formula is C11H17N3O2. The largest absolute Gasteiger partial charge is 0.441 e. The Morgan fingerprint density at radius 2 is 2.38 bits per heavy atom. The molecule has 88 valence electrons. The number of fused-ring (bicyclic) bond motifs is 2. The second-order valence-electron chi connectivity index (χ2n) is 4.88. The molecule has 5 heteroatoms. The minimum absolute atomic E-state index is 0.319. The summed E-state index contributed by atoms with van der Waals surface area (Å²) in [6.07, 6.45) is 2.19. The maximum Gasteiger partial charge on any atom is 0.441 e. The first-order valence-electron chi connectivity index (χ1n) is 6.05. The van der Waals surface area contributed by atoms with Crippen LogP contribution in [0.4, 0.5) is 0 Å². The first kappa shape index (κ1) is 10.1. The van der Waals surface area contributed by atoms with E-state index in [1.807, 2.05) is 6.92 Å². The summed E-state index contributed by atoms with van der Waals surface area (Å²) in [5.41, 5.74) is 0. The molecule has 0 saturated carbocycles. The Hall–Kier alpha value is -1.10. The molecule has 0 radical (unpaired) electrons. The minimum Gasteiger partial charge on any atom is -0.303 e. The molecule has 3 rings (SSSR count). The summed E-state index contributed by atoms with van der Waals surface area (Å²) in [5.74, 6) is 1.97. The van der Waals surface area contributed by atoms with Gasteiger partial charge in [-0.05, 0) is 31.7 Å². The van der Waals surface area contributed by atoms with Crippen LogP contribution in [0.15, 0.2) is 9.32 Å². The van der Waals surface area contributed by atoms with Gasteiger partial charge in [0, 0.05) is 26.1 Å². The van der Waals surface area contributed by atoms with Gasteiger partial charge in [-0.25, -0.2) is 4.79 Å². The summed E-state index contributed by atoms with van der Waals surface area (Å²) in [6, 6.07) is 0. The van der Waals surface area contributed by atoms with Crippen molar-refractivity contribution < 1.29 is 4.52 Å². The van der Waals surface area contributed by atoms with E-state index in [-0.39, 0.29) is 5.76 Å². The van der Waals surface area contributed by atoms with Gasteiger partial charge >= 0.3 is 5.76 Å². The van der Waals surface area contributed by atoms with Crippen molar-refractivity contribution >= 4 is 0 Å². The third-order valence-corrected chi connectivity index (χ3v) is 3.99. The van der Waals surface area contributed by atoms with Crippen LogP contribution in [0.2, 0.25) is 0 Å². The zero-order valence-electron chi connectivity index (χ0n) is 9.56. The van der Waals surface area contributed by atoms with E-state index in [1.165, 1.54) is 19.5 Å². The first-order chi connectivity index (χ1) is 7.78. The Morgan fingerprint density at radius 1 is 1.50 bits per heavy atom. The molecule has 16 heavy (non-hydrogen) atoms.